The van der Waals surface area contributed by atoms with Crippen molar-refractivity contribution in [2.45, 2.75) is 12.8 Å². The molecular weight excluding hydrogens is 277 g/mol. The first-order valence-electron chi connectivity index (χ1n) is 4.49. The lowest BCUT2D eigenvalue weighted by molar-refractivity contribution is 0.535. The van der Waals surface area contributed by atoms with Gasteiger partial charge in [0.25, 0.3) is 0 Å². The summed E-state index contributed by atoms with van der Waals surface area (Å²) in [6.45, 7) is 1.89. The van der Waals surface area contributed by atoms with Crippen molar-refractivity contribution in [2.75, 3.05) is 0 Å². The fraction of sp³-hybridized carbons (Fsp3) is 0.182. The quantitative estimate of drug-likeness (QED) is 0.775. The molecule has 0 amide bonds. The third-order valence-corrected chi connectivity index (χ3v) is 3.05. The summed E-state index contributed by atoms with van der Waals surface area (Å²) >= 11 is 9.18. The molecule has 0 saturated heterocycles. The van der Waals surface area contributed by atoms with Gasteiger partial charge in [-0.1, -0.05) is 12.1 Å². The van der Waals surface area contributed by atoms with E-state index in [1.807, 2.05) is 31.2 Å². The highest BCUT2D eigenvalue weighted by atomic mass is 79.9. The van der Waals surface area contributed by atoms with Crippen molar-refractivity contribution < 1.29 is 4.42 Å². The Morgan fingerprint density at radius 2 is 2.13 bits per heavy atom. The van der Waals surface area contributed by atoms with E-state index in [4.69, 9.17) is 16.0 Å². The van der Waals surface area contributed by atoms with Gasteiger partial charge in [-0.25, -0.2) is 4.98 Å². The summed E-state index contributed by atoms with van der Waals surface area (Å²) in [6.07, 6.45) is 0. The van der Waals surface area contributed by atoms with Gasteiger partial charge in [0.2, 0.25) is 5.89 Å². The highest BCUT2D eigenvalue weighted by Crippen LogP contribution is 2.29. The fourth-order valence-corrected chi connectivity index (χ4v) is 2.00. The van der Waals surface area contributed by atoms with Gasteiger partial charge in [-0.3, -0.25) is 0 Å². The Balaban J connectivity index is 2.50. The molecule has 15 heavy (non-hydrogen) atoms. The highest BCUT2D eigenvalue weighted by molar-refractivity contribution is 9.10. The number of hydrogen-bond donors (Lipinski definition) is 0. The summed E-state index contributed by atoms with van der Waals surface area (Å²) in [6, 6.07) is 7.80. The van der Waals surface area contributed by atoms with E-state index >= 15 is 0 Å². The maximum atomic E-state index is 5.73. The SMILES string of the molecule is Cc1nc(-c2ccccc2Br)oc1CCl. The molecule has 2 aromatic rings. The maximum absolute atomic E-state index is 5.73. The molecule has 78 valence electrons. The first kappa shape index (κ1) is 10.7. The number of rotatable bonds is 2. The van der Waals surface area contributed by atoms with E-state index in [2.05, 4.69) is 20.9 Å². The third kappa shape index (κ3) is 2.08. The Bertz CT molecular complexity index is 481. The average Bonchev–Trinajstić information content (AvgIpc) is 2.60. The zero-order valence-electron chi connectivity index (χ0n) is 8.13. The van der Waals surface area contributed by atoms with Crippen LogP contribution in [0.25, 0.3) is 11.5 Å². The van der Waals surface area contributed by atoms with Crippen molar-refractivity contribution in [3.63, 3.8) is 0 Å². The first-order chi connectivity index (χ1) is 7.22. The molecule has 2 rings (SSSR count). The molecule has 1 heterocycles. The predicted molar refractivity (Wildman–Crippen MR) is 63.9 cm³/mol. The van der Waals surface area contributed by atoms with Crippen LogP contribution >= 0.6 is 27.5 Å². The standard InChI is InChI=1S/C11H9BrClNO/c1-7-10(6-13)15-11(14-7)8-4-2-3-5-9(8)12/h2-5H,6H2,1H3. The van der Waals surface area contributed by atoms with Gasteiger partial charge in [0, 0.05) is 4.47 Å². The lowest BCUT2D eigenvalue weighted by Crippen LogP contribution is -1.79. The summed E-state index contributed by atoms with van der Waals surface area (Å²) in [5.41, 5.74) is 1.78. The molecule has 0 saturated carbocycles. The monoisotopic (exact) mass is 285 g/mol. The van der Waals surface area contributed by atoms with Crippen LogP contribution in [0.1, 0.15) is 11.5 Å². The predicted octanol–water partition coefficient (Wildman–Crippen LogP) is 4.15. The summed E-state index contributed by atoms with van der Waals surface area (Å²) in [7, 11) is 0. The average molecular weight is 287 g/mol. The molecule has 0 bridgehead atoms. The van der Waals surface area contributed by atoms with Crippen LogP contribution in [0.4, 0.5) is 0 Å². The molecule has 0 spiro atoms. The largest absolute Gasteiger partial charge is 0.440 e. The molecule has 1 aromatic heterocycles. The van der Waals surface area contributed by atoms with Crippen molar-refractivity contribution in [3.05, 3.63) is 40.2 Å². The number of oxazole rings is 1. The van der Waals surface area contributed by atoms with E-state index < -0.39 is 0 Å². The Hall–Kier alpha value is -0.800. The van der Waals surface area contributed by atoms with E-state index in [1.165, 1.54) is 0 Å². The number of nitrogens with zero attached hydrogens (tertiary/aromatic N) is 1. The van der Waals surface area contributed by atoms with Gasteiger partial charge >= 0.3 is 0 Å². The molecule has 4 heteroatoms. The van der Waals surface area contributed by atoms with Gasteiger partial charge in [0.05, 0.1) is 17.1 Å². The van der Waals surface area contributed by atoms with E-state index in [0.717, 1.165) is 21.5 Å². The lowest BCUT2D eigenvalue weighted by Gasteiger charge is -1.97. The van der Waals surface area contributed by atoms with Crippen molar-refractivity contribution in [1.29, 1.82) is 0 Å². The second kappa shape index (κ2) is 4.37. The molecule has 0 aliphatic heterocycles. The van der Waals surface area contributed by atoms with Crippen LogP contribution in [-0.4, -0.2) is 4.98 Å². The zero-order valence-corrected chi connectivity index (χ0v) is 10.5. The van der Waals surface area contributed by atoms with Gasteiger partial charge in [-0.15, -0.1) is 11.6 Å². The number of benzene rings is 1. The molecule has 0 aliphatic rings. The van der Waals surface area contributed by atoms with Gasteiger partial charge in [-0.2, -0.15) is 0 Å². The molecule has 1 aromatic carbocycles. The van der Waals surface area contributed by atoms with Crippen LogP contribution in [-0.2, 0) is 5.88 Å². The maximum Gasteiger partial charge on any atom is 0.227 e. The summed E-state index contributed by atoms with van der Waals surface area (Å²) in [4.78, 5) is 4.33. The number of aromatic nitrogens is 1. The van der Waals surface area contributed by atoms with Crippen LogP contribution in [0, 0.1) is 6.92 Å². The van der Waals surface area contributed by atoms with Gasteiger partial charge in [0.15, 0.2) is 0 Å². The highest BCUT2D eigenvalue weighted by Gasteiger charge is 2.12. The Morgan fingerprint density at radius 1 is 1.40 bits per heavy atom. The minimum absolute atomic E-state index is 0.350. The smallest absolute Gasteiger partial charge is 0.227 e. The summed E-state index contributed by atoms with van der Waals surface area (Å²) in [5, 5.41) is 0. The number of aryl methyl sites for hydroxylation is 1. The lowest BCUT2D eigenvalue weighted by atomic mass is 10.2. The molecule has 0 unspecified atom stereocenters. The van der Waals surface area contributed by atoms with Crippen molar-refractivity contribution >= 4 is 27.5 Å². The number of hydrogen-bond acceptors (Lipinski definition) is 2. The minimum Gasteiger partial charge on any atom is -0.440 e. The zero-order chi connectivity index (χ0) is 10.8. The van der Waals surface area contributed by atoms with E-state index in [9.17, 15) is 0 Å². The van der Waals surface area contributed by atoms with Crippen LogP contribution in [0.3, 0.4) is 0 Å². The number of alkyl halides is 1. The first-order valence-corrected chi connectivity index (χ1v) is 5.82. The molecule has 0 N–H and O–H groups in total. The molecule has 0 atom stereocenters. The van der Waals surface area contributed by atoms with Gasteiger partial charge in [0.1, 0.15) is 5.76 Å². The summed E-state index contributed by atoms with van der Waals surface area (Å²) < 4.78 is 6.52. The normalized spacial score (nSPS) is 10.6. The van der Waals surface area contributed by atoms with E-state index in [0.29, 0.717) is 11.8 Å². The van der Waals surface area contributed by atoms with Crippen molar-refractivity contribution in [1.82, 2.24) is 4.98 Å². The molecule has 0 fully saturated rings. The number of halogens is 2. The van der Waals surface area contributed by atoms with Crippen LogP contribution < -0.4 is 0 Å². The van der Waals surface area contributed by atoms with Crippen molar-refractivity contribution in [3.8, 4) is 11.5 Å². The van der Waals surface area contributed by atoms with Crippen LogP contribution in [0.2, 0.25) is 0 Å². The van der Waals surface area contributed by atoms with E-state index in [-0.39, 0.29) is 0 Å². The fourth-order valence-electron chi connectivity index (χ4n) is 1.30. The topological polar surface area (TPSA) is 26.0 Å². The van der Waals surface area contributed by atoms with Crippen molar-refractivity contribution in [2.24, 2.45) is 0 Å². The molecule has 0 radical (unpaired) electrons. The summed E-state index contributed by atoms with van der Waals surface area (Å²) in [5.74, 6) is 1.68. The Morgan fingerprint density at radius 3 is 2.73 bits per heavy atom. The second-order valence-electron chi connectivity index (χ2n) is 3.14. The van der Waals surface area contributed by atoms with Gasteiger partial charge < -0.3 is 4.42 Å². The Labute approximate surface area is 101 Å². The second-order valence-corrected chi connectivity index (χ2v) is 4.26. The third-order valence-electron chi connectivity index (χ3n) is 2.12. The molecular formula is C11H9BrClNO. The van der Waals surface area contributed by atoms with Crippen LogP contribution in [0.15, 0.2) is 33.2 Å². The van der Waals surface area contributed by atoms with Gasteiger partial charge in [-0.05, 0) is 35.0 Å². The molecule has 2 nitrogen and oxygen atoms in total. The minimum atomic E-state index is 0.350. The van der Waals surface area contributed by atoms with Crippen LogP contribution in [0.5, 0.6) is 0 Å². The van der Waals surface area contributed by atoms with E-state index in [1.54, 1.807) is 0 Å². The Kier molecular flexibility index (Phi) is 3.12. The molecule has 0 aliphatic carbocycles.